The Hall–Kier alpha value is -11.9. The van der Waals surface area contributed by atoms with Gasteiger partial charge in [-0.1, -0.05) is 340 Å². The third-order valence-electron chi connectivity index (χ3n) is 19.1. The molecular formula is C87H61N5Si2. The van der Waals surface area contributed by atoms with E-state index >= 15 is 0 Å². The van der Waals surface area contributed by atoms with Crippen LogP contribution in [-0.4, -0.2) is 40.2 Å². The average Bonchev–Trinajstić information content (AvgIpc) is 1.04. The molecule has 0 spiro atoms. The summed E-state index contributed by atoms with van der Waals surface area (Å²) in [5.74, 6) is 1.60. The second kappa shape index (κ2) is 23.7. The van der Waals surface area contributed by atoms with E-state index in [2.05, 4.69) is 379 Å². The van der Waals surface area contributed by atoms with Crippen molar-refractivity contribution in [2.45, 2.75) is 0 Å². The van der Waals surface area contributed by atoms with Crippen LogP contribution in [0.25, 0.3) is 100 Å². The van der Waals surface area contributed by atoms with E-state index in [1.165, 1.54) is 52.6 Å². The van der Waals surface area contributed by atoms with Gasteiger partial charge in [-0.3, -0.25) is 9.13 Å². The lowest BCUT2D eigenvalue weighted by Gasteiger charge is -2.38. The van der Waals surface area contributed by atoms with Crippen LogP contribution in [0.4, 0.5) is 0 Å². The van der Waals surface area contributed by atoms with Crippen molar-refractivity contribution >= 4 is 101 Å². The molecular weight excluding hydrogens is 1170 g/mol. The third kappa shape index (κ3) is 9.47. The Bertz CT molecular complexity index is 5250. The fraction of sp³-hybridized carbons (Fsp3) is 0. The molecule has 3 heterocycles. The highest BCUT2D eigenvalue weighted by molar-refractivity contribution is 7.22. The molecule has 0 atom stereocenters. The fourth-order valence-electron chi connectivity index (χ4n) is 14.8. The van der Waals surface area contributed by atoms with Gasteiger partial charge in [0.25, 0.3) is 0 Å². The van der Waals surface area contributed by atoms with E-state index in [0.717, 1.165) is 71.4 Å². The Kier molecular flexibility index (Phi) is 14.2. The largest absolute Gasteiger partial charge is 0.278 e. The molecule has 0 N–H and O–H groups in total. The minimum Gasteiger partial charge on any atom is -0.278 e. The lowest BCUT2D eigenvalue weighted by molar-refractivity contribution is 0.893. The maximum atomic E-state index is 5.93. The van der Waals surface area contributed by atoms with E-state index in [0.29, 0.717) is 17.7 Å². The number of benzene rings is 14. The summed E-state index contributed by atoms with van der Waals surface area (Å²) >= 11 is 0. The summed E-state index contributed by atoms with van der Waals surface area (Å²) in [7, 11) is -6.85. The van der Waals surface area contributed by atoms with E-state index in [1.807, 2.05) is 0 Å². The minimum atomic E-state index is -3.43. The van der Waals surface area contributed by atoms with Gasteiger partial charge in [0.05, 0.1) is 22.1 Å². The summed E-state index contributed by atoms with van der Waals surface area (Å²) in [5, 5.41) is 14.4. The Morgan fingerprint density at radius 1 is 0.181 bits per heavy atom. The van der Waals surface area contributed by atoms with Gasteiger partial charge in [-0.05, 0) is 105 Å². The molecule has 0 aliphatic heterocycles. The topological polar surface area (TPSA) is 48.5 Å². The molecule has 0 aliphatic rings. The predicted molar refractivity (Wildman–Crippen MR) is 397 cm³/mol. The monoisotopic (exact) mass is 1230 g/mol. The van der Waals surface area contributed by atoms with Gasteiger partial charge in [0.1, 0.15) is 0 Å². The normalized spacial score (nSPS) is 11.8. The van der Waals surface area contributed by atoms with E-state index in [1.54, 1.807) is 0 Å². The SMILES string of the molecule is c1ccc(-c2ccc([Si](c3ccccc3)(c3ccccc3)c3cc(-c4nc(-n5c6ccccc6c6ccccc65)nc(-n5c6ccccc6c6cc(-c7ccccc7)ccc65)n4)cc([Si](c4ccccc4)(c4ccccc4)c4ccc(-c5ccccc5)cc4)c3)cc2)cc1. The zero-order valence-corrected chi connectivity index (χ0v) is 53.5. The second-order valence-electron chi connectivity index (χ2n) is 24.2. The van der Waals surface area contributed by atoms with Gasteiger partial charge in [0.15, 0.2) is 22.0 Å². The summed E-state index contributed by atoms with van der Waals surface area (Å²) in [4.78, 5) is 17.6. The summed E-state index contributed by atoms with van der Waals surface area (Å²) in [5.41, 5.74) is 11.9. The number of fused-ring (bicyclic) bond motifs is 6. The highest BCUT2D eigenvalue weighted by Crippen LogP contribution is 2.37. The van der Waals surface area contributed by atoms with Crippen LogP contribution in [0.15, 0.2) is 370 Å². The molecule has 14 aromatic carbocycles. The zero-order chi connectivity index (χ0) is 62.4. The minimum absolute atomic E-state index is 0.518. The number of aromatic nitrogens is 5. The molecule has 17 aromatic rings. The van der Waals surface area contributed by atoms with Crippen LogP contribution in [0, 0.1) is 0 Å². The van der Waals surface area contributed by atoms with Gasteiger partial charge in [-0.25, -0.2) is 0 Å². The molecule has 0 aliphatic carbocycles. The van der Waals surface area contributed by atoms with Gasteiger partial charge in [0.2, 0.25) is 11.9 Å². The van der Waals surface area contributed by atoms with Crippen molar-refractivity contribution in [3.05, 3.63) is 370 Å². The van der Waals surface area contributed by atoms with Gasteiger partial charge in [0, 0.05) is 27.1 Å². The first kappa shape index (κ1) is 56.1. The highest BCUT2D eigenvalue weighted by Gasteiger charge is 2.46. The quantitative estimate of drug-likeness (QED) is 0.0805. The Morgan fingerprint density at radius 2 is 0.457 bits per heavy atom. The van der Waals surface area contributed by atoms with Crippen molar-refractivity contribution in [3.8, 4) is 56.7 Å². The van der Waals surface area contributed by atoms with Crippen molar-refractivity contribution in [2.75, 3.05) is 0 Å². The lowest BCUT2D eigenvalue weighted by Crippen LogP contribution is -2.78. The molecule has 7 heteroatoms. The number of rotatable bonds is 14. The van der Waals surface area contributed by atoms with Crippen molar-refractivity contribution in [1.82, 2.24) is 24.1 Å². The summed E-state index contributed by atoms with van der Waals surface area (Å²) < 4.78 is 4.50. The summed E-state index contributed by atoms with van der Waals surface area (Å²) in [6, 6.07) is 137. The smallest absolute Gasteiger partial charge is 0.240 e. The van der Waals surface area contributed by atoms with Crippen LogP contribution in [0.1, 0.15) is 0 Å². The third-order valence-corrected chi connectivity index (χ3v) is 28.6. The maximum absolute atomic E-state index is 5.93. The number of hydrogen-bond acceptors (Lipinski definition) is 3. The Labute approximate surface area is 548 Å². The van der Waals surface area contributed by atoms with E-state index in [-0.39, 0.29) is 0 Å². The molecule has 0 unspecified atom stereocenters. The summed E-state index contributed by atoms with van der Waals surface area (Å²) in [6.45, 7) is 0. The molecule has 0 bridgehead atoms. The molecule has 442 valence electrons. The standard InChI is InChI=1S/C87H61N5Si2/c1-8-28-62(29-9-1)65-48-53-73(54-49-65)93(69-34-14-4-15-35-69,70-36-16-5-17-37-70)75-58-68(59-76(61-75)94(71-38-18-6-19-39-71,72-40-20-7-21-41-72)74-55-50-66(51-56-74)63-30-10-2-11-31-63)85-88-86(91-81-45-25-22-42-77(81)78-43-23-26-46-82(78)91)90-87(89-85)92-83-47-27-24-44-79(83)80-60-67(52-57-84(80)92)64-32-12-3-13-33-64/h1-61H. The van der Waals surface area contributed by atoms with E-state index in [4.69, 9.17) is 15.0 Å². The van der Waals surface area contributed by atoms with Gasteiger partial charge < -0.3 is 0 Å². The highest BCUT2D eigenvalue weighted by atomic mass is 28.3. The zero-order valence-electron chi connectivity index (χ0n) is 51.5. The molecule has 5 nitrogen and oxygen atoms in total. The van der Waals surface area contributed by atoms with Crippen LogP contribution < -0.4 is 41.5 Å². The van der Waals surface area contributed by atoms with Gasteiger partial charge in [-0.2, -0.15) is 15.0 Å². The first-order chi connectivity index (χ1) is 46.6. The van der Waals surface area contributed by atoms with E-state index < -0.39 is 16.1 Å². The van der Waals surface area contributed by atoms with Crippen molar-refractivity contribution < 1.29 is 0 Å². The molecule has 0 fully saturated rings. The molecule has 0 saturated heterocycles. The van der Waals surface area contributed by atoms with Gasteiger partial charge in [-0.15, -0.1) is 0 Å². The van der Waals surface area contributed by atoms with Crippen LogP contribution >= 0.6 is 0 Å². The molecule has 3 aromatic heterocycles. The number of nitrogens with zero attached hydrogens (tertiary/aromatic N) is 5. The van der Waals surface area contributed by atoms with E-state index in [9.17, 15) is 0 Å². The number of para-hydroxylation sites is 3. The van der Waals surface area contributed by atoms with Crippen LogP contribution in [0.2, 0.25) is 0 Å². The lowest BCUT2D eigenvalue weighted by atomic mass is 10.0. The van der Waals surface area contributed by atoms with Crippen LogP contribution in [0.3, 0.4) is 0 Å². The van der Waals surface area contributed by atoms with Crippen LogP contribution in [0.5, 0.6) is 0 Å². The fourth-order valence-corrected chi connectivity index (χ4v) is 24.6. The summed E-state index contributed by atoms with van der Waals surface area (Å²) in [6.07, 6.45) is 0. The average molecular weight is 1230 g/mol. The molecule has 17 rings (SSSR count). The van der Waals surface area contributed by atoms with Crippen molar-refractivity contribution in [3.63, 3.8) is 0 Å². The van der Waals surface area contributed by atoms with Gasteiger partial charge >= 0.3 is 0 Å². The molecule has 0 amide bonds. The molecule has 0 radical (unpaired) electrons. The van der Waals surface area contributed by atoms with Crippen LogP contribution in [-0.2, 0) is 0 Å². The Balaban J connectivity index is 1.03. The van der Waals surface area contributed by atoms with Crippen molar-refractivity contribution in [1.29, 1.82) is 0 Å². The number of hydrogen-bond donors (Lipinski definition) is 0. The Morgan fingerprint density at radius 3 is 0.830 bits per heavy atom. The molecule has 94 heavy (non-hydrogen) atoms. The van der Waals surface area contributed by atoms with Crippen molar-refractivity contribution in [2.24, 2.45) is 0 Å². The second-order valence-corrected chi connectivity index (χ2v) is 31.8. The predicted octanol–water partition coefficient (Wildman–Crippen LogP) is 15.5. The maximum Gasteiger partial charge on any atom is 0.240 e. The molecule has 0 saturated carbocycles. The first-order valence-corrected chi connectivity index (χ1v) is 36.2. The first-order valence-electron chi connectivity index (χ1n) is 32.2.